The Morgan fingerprint density at radius 2 is 1.88 bits per heavy atom. The zero-order chi connectivity index (χ0) is 6.78. The maximum Gasteiger partial charge on any atom is 0.342 e. The lowest BCUT2D eigenvalue weighted by Gasteiger charge is -1.86. The normalized spacial score (nSPS) is 15.2. The van der Waals surface area contributed by atoms with Gasteiger partial charge in [0.25, 0.3) is 5.50 Å². The van der Waals surface area contributed by atoms with Crippen molar-refractivity contribution in [3.63, 3.8) is 0 Å². The fourth-order valence-electron chi connectivity index (χ4n) is 0.0664. The van der Waals surface area contributed by atoms with E-state index in [1.54, 1.807) is 0 Å². The molecule has 1 atom stereocenters. The number of hydrogen-bond acceptors (Lipinski definition) is 3. The highest BCUT2D eigenvalue weighted by Crippen LogP contribution is 2.00. The molecule has 0 aliphatic carbocycles. The quantitative estimate of drug-likeness (QED) is 0.397. The highest BCUT2D eigenvalue weighted by atomic mass is 32.3. The van der Waals surface area contributed by atoms with Gasteiger partial charge in [-0.3, -0.25) is 4.79 Å². The number of halogens is 2. The Hall–Kier alpha value is -0.520. The van der Waals surface area contributed by atoms with Crippen LogP contribution >= 0.6 is 0 Å². The third-order valence-electron chi connectivity index (χ3n) is 0.376. The van der Waals surface area contributed by atoms with Crippen LogP contribution in [-0.2, 0) is 15.0 Å². The third-order valence-corrected chi connectivity index (χ3v) is 1.02. The van der Waals surface area contributed by atoms with Gasteiger partial charge in [0.15, 0.2) is 6.29 Å². The maximum absolute atomic E-state index is 11.3. The Bertz CT molecular complexity index is 172. The second-order valence-electron chi connectivity index (χ2n) is 0.963. The van der Waals surface area contributed by atoms with E-state index in [-0.39, 0.29) is 0 Å². The zero-order valence-corrected chi connectivity index (χ0v) is 4.36. The molecule has 0 heterocycles. The van der Waals surface area contributed by atoms with Crippen LogP contribution in [0.4, 0.5) is 8.28 Å². The average Bonchev–Trinajstić information content (AvgIpc) is 1.62. The van der Waals surface area contributed by atoms with Gasteiger partial charge in [0.2, 0.25) is 0 Å². The average molecular weight is 144 g/mol. The van der Waals surface area contributed by atoms with E-state index in [1.807, 2.05) is 0 Å². The van der Waals surface area contributed by atoms with E-state index in [1.165, 1.54) is 0 Å². The molecule has 0 fully saturated rings. The highest BCUT2D eigenvalue weighted by molar-refractivity contribution is 7.87. The Balaban J connectivity index is 4.26. The van der Waals surface area contributed by atoms with Gasteiger partial charge in [-0.05, 0) is 0 Å². The van der Waals surface area contributed by atoms with Gasteiger partial charge in [-0.1, -0.05) is 0 Å². The second kappa shape index (κ2) is 2.17. The molecule has 3 nitrogen and oxygen atoms in total. The molecule has 0 aromatic heterocycles. The molecule has 0 aliphatic heterocycles. The molecule has 0 saturated heterocycles. The minimum absolute atomic E-state index is 0.630. The molecule has 0 bridgehead atoms. The van der Waals surface area contributed by atoms with Crippen molar-refractivity contribution < 1.29 is 21.5 Å². The number of alkyl halides is 1. The third kappa shape index (κ3) is 1.97. The molecule has 6 heteroatoms. The first kappa shape index (κ1) is 7.48. The Kier molecular flexibility index (Phi) is 2.02. The van der Waals surface area contributed by atoms with Crippen LogP contribution < -0.4 is 0 Å². The Morgan fingerprint density at radius 1 is 1.50 bits per heavy atom. The van der Waals surface area contributed by atoms with E-state index in [2.05, 4.69) is 0 Å². The first-order chi connectivity index (χ1) is 3.48. The predicted octanol–water partition coefficient (Wildman–Crippen LogP) is -0.220. The molecule has 0 saturated carbocycles. The van der Waals surface area contributed by atoms with Crippen LogP contribution in [0, 0.1) is 0 Å². The standard InChI is InChI=1S/C2H2F2O3S/c3-2(1-5)8(4,6)7/h1-2H. The van der Waals surface area contributed by atoms with Crippen molar-refractivity contribution in [1.29, 1.82) is 0 Å². The van der Waals surface area contributed by atoms with Crippen LogP contribution in [0.15, 0.2) is 0 Å². The SMILES string of the molecule is O=CC(F)S(=O)(=O)F. The van der Waals surface area contributed by atoms with Crippen LogP contribution in [0.3, 0.4) is 0 Å². The summed E-state index contributed by atoms with van der Waals surface area (Å²) in [5.74, 6) is 0. The summed E-state index contributed by atoms with van der Waals surface area (Å²) in [7, 11) is -5.29. The summed E-state index contributed by atoms with van der Waals surface area (Å²) in [6.45, 7) is 0. The molecule has 0 aromatic rings. The van der Waals surface area contributed by atoms with E-state index in [9.17, 15) is 16.7 Å². The minimum Gasteiger partial charge on any atom is -0.299 e. The van der Waals surface area contributed by atoms with E-state index in [0.29, 0.717) is 0 Å². The lowest BCUT2D eigenvalue weighted by Crippen LogP contribution is -2.11. The van der Waals surface area contributed by atoms with Gasteiger partial charge in [-0.25, -0.2) is 4.39 Å². The fraction of sp³-hybridized carbons (Fsp3) is 0.500. The largest absolute Gasteiger partial charge is 0.342 e. The predicted molar refractivity (Wildman–Crippen MR) is 21.0 cm³/mol. The van der Waals surface area contributed by atoms with Crippen molar-refractivity contribution in [1.82, 2.24) is 0 Å². The molecular weight excluding hydrogens is 142 g/mol. The first-order valence-corrected chi connectivity index (χ1v) is 2.96. The van der Waals surface area contributed by atoms with E-state index in [4.69, 9.17) is 4.79 Å². The molecule has 0 rings (SSSR count). The monoisotopic (exact) mass is 144 g/mol. The van der Waals surface area contributed by atoms with Crippen LogP contribution in [0.25, 0.3) is 0 Å². The van der Waals surface area contributed by atoms with Crippen molar-refractivity contribution in [3.8, 4) is 0 Å². The molecule has 0 N–H and O–H groups in total. The highest BCUT2D eigenvalue weighted by Gasteiger charge is 2.22. The van der Waals surface area contributed by atoms with Crippen molar-refractivity contribution >= 4 is 16.5 Å². The van der Waals surface area contributed by atoms with Crippen LogP contribution in [0.2, 0.25) is 0 Å². The number of rotatable bonds is 2. The Morgan fingerprint density at radius 3 is 1.88 bits per heavy atom. The minimum atomic E-state index is -5.29. The summed E-state index contributed by atoms with van der Waals surface area (Å²) in [5.41, 5.74) is -3.03. The molecule has 0 aliphatic rings. The van der Waals surface area contributed by atoms with Gasteiger partial charge in [0, 0.05) is 0 Å². The van der Waals surface area contributed by atoms with Gasteiger partial charge >= 0.3 is 10.2 Å². The number of hydrogen-bond donors (Lipinski definition) is 0. The molecular formula is C2H2F2O3S. The van der Waals surface area contributed by atoms with Crippen molar-refractivity contribution in [3.05, 3.63) is 0 Å². The van der Waals surface area contributed by atoms with Crippen LogP contribution in [-0.4, -0.2) is 20.2 Å². The summed E-state index contributed by atoms with van der Waals surface area (Å²) in [6, 6.07) is 0. The van der Waals surface area contributed by atoms with Crippen molar-refractivity contribution in [2.75, 3.05) is 0 Å². The van der Waals surface area contributed by atoms with Crippen molar-refractivity contribution in [2.24, 2.45) is 0 Å². The summed E-state index contributed by atoms with van der Waals surface area (Å²) < 4.78 is 41.0. The number of carbonyl (C=O) groups is 1. The van der Waals surface area contributed by atoms with Gasteiger partial charge < -0.3 is 0 Å². The van der Waals surface area contributed by atoms with Gasteiger partial charge in [0.1, 0.15) is 0 Å². The molecule has 1 unspecified atom stereocenters. The molecule has 0 amide bonds. The molecule has 0 radical (unpaired) electrons. The molecule has 0 aromatic carbocycles. The molecule has 8 heavy (non-hydrogen) atoms. The van der Waals surface area contributed by atoms with E-state index < -0.39 is 22.0 Å². The lowest BCUT2D eigenvalue weighted by molar-refractivity contribution is -0.109. The van der Waals surface area contributed by atoms with Crippen molar-refractivity contribution in [2.45, 2.75) is 5.50 Å². The number of aldehydes is 1. The Labute approximate surface area is 44.5 Å². The zero-order valence-electron chi connectivity index (χ0n) is 3.54. The summed E-state index contributed by atoms with van der Waals surface area (Å²) in [4.78, 5) is 9.16. The van der Waals surface area contributed by atoms with Gasteiger partial charge in [0.05, 0.1) is 0 Å². The number of carbonyl (C=O) groups excluding carboxylic acids is 1. The maximum atomic E-state index is 11.3. The summed E-state index contributed by atoms with van der Waals surface area (Å²) in [6.07, 6.45) is -0.630. The van der Waals surface area contributed by atoms with Crippen LogP contribution in [0.1, 0.15) is 0 Å². The summed E-state index contributed by atoms with van der Waals surface area (Å²) in [5, 5.41) is 0. The molecule has 0 spiro atoms. The lowest BCUT2D eigenvalue weighted by atomic mass is 10.9. The van der Waals surface area contributed by atoms with Crippen LogP contribution in [0.5, 0.6) is 0 Å². The van der Waals surface area contributed by atoms with E-state index >= 15 is 0 Å². The first-order valence-electron chi connectivity index (χ1n) is 1.51. The topological polar surface area (TPSA) is 51.2 Å². The molecule has 48 valence electrons. The van der Waals surface area contributed by atoms with Gasteiger partial charge in [-0.2, -0.15) is 8.42 Å². The van der Waals surface area contributed by atoms with E-state index in [0.717, 1.165) is 0 Å². The van der Waals surface area contributed by atoms with Gasteiger partial charge in [-0.15, -0.1) is 3.89 Å². The second-order valence-corrected chi connectivity index (χ2v) is 2.36. The smallest absolute Gasteiger partial charge is 0.299 e. The fourth-order valence-corrected chi connectivity index (χ4v) is 0.199. The summed E-state index contributed by atoms with van der Waals surface area (Å²) >= 11 is 0.